The van der Waals surface area contributed by atoms with Crippen molar-refractivity contribution in [2.45, 2.75) is 40.7 Å². The van der Waals surface area contributed by atoms with E-state index >= 15 is 0 Å². The third-order valence-corrected chi connectivity index (χ3v) is 1.91. The molecule has 1 unspecified atom stereocenters. The van der Waals surface area contributed by atoms with Crippen molar-refractivity contribution in [3.8, 4) is 0 Å². The van der Waals surface area contributed by atoms with Gasteiger partial charge in [-0.15, -0.1) is 0 Å². The Morgan fingerprint density at radius 3 is 2.25 bits per heavy atom. The van der Waals surface area contributed by atoms with Crippen LogP contribution >= 0.6 is 0 Å². The molecule has 0 bridgehead atoms. The zero-order chi connectivity index (χ0) is 12.8. The van der Waals surface area contributed by atoms with Crippen LogP contribution in [0.15, 0.2) is 0 Å². The molecule has 3 amide bonds. The number of urea groups is 1. The summed E-state index contributed by atoms with van der Waals surface area (Å²) < 4.78 is 0. The van der Waals surface area contributed by atoms with E-state index in [9.17, 15) is 9.59 Å². The molecule has 0 aliphatic rings. The predicted octanol–water partition coefficient (Wildman–Crippen LogP) is 0.856. The van der Waals surface area contributed by atoms with Crippen LogP contribution < -0.4 is 16.0 Å². The third-order valence-electron chi connectivity index (χ3n) is 1.91. The van der Waals surface area contributed by atoms with Crippen molar-refractivity contribution in [3.63, 3.8) is 0 Å². The number of hydrogen-bond donors (Lipinski definition) is 3. The molecule has 0 fully saturated rings. The third kappa shape index (κ3) is 7.23. The van der Waals surface area contributed by atoms with Crippen LogP contribution in [0, 0.1) is 5.41 Å². The van der Waals surface area contributed by atoms with E-state index in [-0.39, 0.29) is 17.4 Å². The Kier molecular flexibility index (Phi) is 6.03. The Morgan fingerprint density at radius 2 is 1.81 bits per heavy atom. The molecule has 0 spiro atoms. The number of carbonyl (C=O) groups excluding carboxylic acids is 2. The molecule has 0 radical (unpaired) electrons. The second-order valence-corrected chi connectivity index (χ2v) is 5.01. The van der Waals surface area contributed by atoms with E-state index in [0.29, 0.717) is 6.54 Å². The van der Waals surface area contributed by atoms with Gasteiger partial charge in [0.2, 0.25) is 5.91 Å². The predicted molar refractivity (Wildman–Crippen MR) is 64.1 cm³/mol. The van der Waals surface area contributed by atoms with Crippen LogP contribution in [0.1, 0.15) is 34.6 Å². The number of carbonyl (C=O) groups is 2. The van der Waals surface area contributed by atoms with Crippen molar-refractivity contribution < 1.29 is 9.59 Å². The van der Waals surface area contributed by atoms with Gasteiger partial charge in [0.25, 0.3) is 0 Å². The molecule has 0 aromatic heterocycles. The van der Waals surface area contributed by atoms with E-state index in [0.717, 1.165) is 6.54 Å². The maximum atomic E-state index is 11.5. The van der Waals surface area contributed by atoms with Gasteiger partial charge in [-0.25, -0.2) is 4.79 Å². The molecule has 0 aliphatic heterocycles. The molecule has 1 atom stereocenters. The smallest absolute Gasteiger partial charge is 0.321 e. The first-order valence-electron chi connectivity index (χ1n) is 5.58. The molecule has 0 heterocycles. The van der Waals surface area contributed by atoms with Crippen molar-refractivity contribution in [3.05, 3.63) is 0 Å². The number of nitrogens with one attached hydrogen (secondary N) is 3. The van der Waals surface area contributed by atoms with E-state index in [4.69, 9.17) is 0 Å². The summed E-state index contributed by atoms with van der Waals surface area (Å²) >= 11 is 0. The zero-order valence-corrected chi connectivity index (χ0v) is 10.8. The normalized spacial score (nSPS) is 13.1. The van der Waals surface area contributed by atoms with Gasteiger partial charge in [0, 0.05) is 13.1 Å². The van der Waals surface area contributed by atoms with E-state index < -0.39 is 6.03 Å². The van der Waals surface area contributed by atoms with E-state index in [1.54, 1.807) is 13.8 Å². The Hall–Kier alpha value is -1.10. The van der Waals surface area contributed by atoms with Crippen LogP contribution in [0.4, 0.5) is 4.79 Å². The molecular weight excluding hydrogens is 206 g/mol. The van der Waals surface area contributed by atoms with Crippen molar-refractivity contribution in [2.75, 3.05) is 13.1 Å². The van der Waals surface area contributed by atoms with Gasteiger partial charge >= 0.3 is 6.03 Å². The molecule has 94 valence electrons. The number of amides is 3. The Morgan fingerprint density at radius 1 is 1.25 bits per heavy atom. The van der Waals surface area contributed by atoms with Gasteiger partial charge in [-0.2, -0.15) is 0 Å². The second-order valence-electron chi connectivity index (χ2n) is 5.01. The van der Waals surface area contributed by atoms with Gasteiger partial charge in [-0.1, -0.05) is 20.8 Å². The fourth-order valence-corrected chi connectivity index (χ4v) is 0.977. The number of imide groups is 1. The Balaban J connectivity index is 3.95. The average molecular weight is 229 g/mol. The topological polar surface area (TPSA) is 70.2 Å². The molecule has 0 rings (SSSR count). The maximum absolute atomic E-state index is 11.5. The highest BCUT2D eigenvalue weighted by molar-refractivity contribution is 5.96. The molecule has 0 saturated heterocycles. The van der Waals surface area contributed by atoms with Gasteiger partial charge in [0.05, 0.1) is 6.04 Å². The van der Waals surface area contributed by atoms with E-state index in [1.165, 1.54) is 0 Å². The SMILES string of the molecule is CCNC(=O)NC(=O)C(C)NCC(C)(C)C. The quantitative estimate of drug-likeness (QED) is 0.669. The lowest BCUT2D eigenvalue weighted by atomic mass is 9.96. The molecule has 5 nitrogen and oxygen atoms in total. The minimum atomic E-state index is -0.447. The summed E-state index contributed by atoms with van der Waals surface area (Å²) in [5.74, 6) is -0.310. The van der Waals surface area contributed by atoms with Crippen LogP contribution in [0.5, 0.6) is 0 Å². The summed E-state index contributed by atoms with van der Waals surface area (Å²) in [5.41, 5.74) is 0.111. The van der Waals surface area contributed by atoms with Crippen LogP contribution in [-0.2, 0) is 4.79 Å². The number of rotatable bonds is 4. The average Bonchev–Trinajstić information content (AvgIpc) is 2.13. The highest BCUT2D eigenvalue weighted by Crippen LogP contribution is 2.10. The zero-order valence-electron chi connectivity index (χ0n) is 10.8. The fraction of sp³-hybridized carbons (Fsp3) is 0.818. The lowest BCUT2D eigenvalue weighted by molar-refractivity contribution is -0.121. The highest BCUT2D eigenvalue weighted by atomic mass is 16.2. The van der Waals surface area contributed by atoms with Crippen LogP contribution in [0.25, 0.3) is 0 Å². The van der Waals surface area contributed by atoms with Crippen molar-refractivity contribution >= 4 is 11.9 Å². The first-order valence-corrected chi connectivity index (χ1v) is 5.58. The monoisotopic (exact) mass is 229 g/mol. The molecule has 5 heteroatoms. The molecule has 3 N–H and O–H groups in total. The molecule has 16 heavy (non-hydrogen) atoms. The van der Waals surface area contributed by atoms with Gasteiger partial charge in [-0.05, 0) is 19.3 Å². The minimum absolute atomic E-state index is 0.111. The molecular formula is C11H23N3O2. The molecule has 0 aromatic rings. The van der Waals surface area contributed by atoms with Crippen LogP contribution in [-0.4, -0.2) is 31.1 Å². The summed E-state index contributed by atoms with van der Waals surface area (Å²) in [6, 6.07) is -0.821. The van der Waals surface area contributed by atoms with Crippen LogP contribution in [0.3, 0.4) is 0 Å². The highest BCUT2D eigenvalue weighted by Gasteiger charge is 2.17. The summed E-state index contributed by atoms with van der Waals surface area (Å²) in [6.45, 7) is 11.0. The van der Waals surface area contributed by atoms with Gasteiger partial charge in [0.1, 0.15) is 0 Å². The van der Waals surface area contributed by atoms with E-state index in [2.05, 4.69) is 36.7 Å². The largest absolute Gasteiger partial charge is 0.338 e. The molecule has 0 saturated carbocycles. The Labute approximate surface area is 97.4 Å². The first kappa shape index (κ1) is 14.9. The summed E-state index contributed by atoms with van der Waals surface area (Å²) in [4.78, 5) is 22.6. The van der Waals surface area contributed by atoms with Gasteiger partial charge in [0.15, 0.2) is 0 Å². The molecule has 0 aromatic carbocycles. The maximum Gasteiger partial charge on any atom is 0.321 e. The van der Waals surface area contributed by atoms with E-state index in [1.807, 2.05) is 0 Å². The summed E-state index contributed by atoms with van der Waals surface area (Å²) in [6.07, 6.45) is 0. The summed E-state index contributed by atoms with van der Waals surface area (Å²) in [7, 11) is 0. The van der Waals surface area contributed by atoms with Crippen molar-refractivity contribution in [2.24, 2.45) is 5.41 Å². The fourth-order valence-electron chi connectivity index (χ4n) is 0.977. The van der Waals surface area contributed by atoms with Gasteiger partial charge < -0.3 is 10.6 Å². The van der Waals surface area contributed by atoms with Crippen molar-refractivity contribution in [1.29, 1.82) is 0 Å². The Bertz CT molecular complexity index is 246. The van der Waals surface area contributed by atoms with Crippen LogP contribution in [0.2, 0.25) is 0 Å². The van der Waals surface area contributed by atoms with Gasteiger partial charge in [-0.3, -0.25) is 10.1 Å². The lowest BCUT2D eigenvalue weighted by Crippen LogP contribution is -2.49. The number of hydrogen-bond acceptors (Lipinski definition) is 3. The minimum Gasteiger partial charge on any atom is -0.338 e. The standard InChI is InChI=1S/C11H23N3O2/c1-6-12-10(16)14-9(15)8(2)13-7-11(3,4)5/h8,13H,6-7H2,1-5H3,(H2,12,14,15,16). The first-order chi connectivity index (χ1) is 7.26. The van der Waals surface area contributed by atoms with Crippen molar-refractivity contribution in [1.82, 2.24) is 16.0 Å². The second kappa shape index (κ2) is 6.48. The summed E-state index contributed by atoms with van der Waals surface area (Å²) in [5, 5.41) is 7.85. The lowest BCUT2D eigenvalue weighted by Gasteiger charge is -2.22. The molecule has 0 aliphatic carbocycles.